The van der Waals surface area contributed by atoms with Crippen molar-refractivity contribution in [3.05, 3.63) is 108 Å². The Labute approximate surface area is 265 Å². The Morgan fingerprint density at radius 2 is 1.29 bits per heavy atom. The number of carbonyl (C=O) groups is 4. The Morgan fingerprint density at radius 3 is 1.82 bits per heavy atom. The van der Waals surface area contributed by atoms with Crippen molar-refractivity contribution in [3.8, 4) is 0 Å². The molecule has 0 saturated carbocycles. The van der Waals surface area contributed by atoms with Gasteiger partial charge in [-0.05, 0) is 29.0 Å². The number of nitrogens with one attached hydrogen (secondary N) is 3. The molecule has 3 N–H and O–H groups in total. The first-order valence-electron chi connectivity index (χ1n) is 15.1. The van der Waals surface area contributed by atoms with E-state index in [2.05, 4.69) is 10.6 Å². The molecule has 4 amide bonds. The number of alkyl carbamates (subject to hydrolysis) is 1. The molecule has 45 heavy (non-hydrogen) atoms. The predicted octanol–water partition coefficient (Wildman–Crippen LogP) is 3.73. The number of carbonyl (C=O) groups excluding carboxylic acids is 4. The molecule has 1 unspecified atom stereocenters. The first-order valence-corrected chi connectivity index (χ1v) is 14.7. The van der Waals surface area contributed by atoms with Gasteiger partial charge in [0.05, 0.1) is 13.7 Å². The van der Waals surface area contributed by atoms with E-state index in [1.165, 1.54) is 14.2 Å². The predicted molar refractivity (Wildman–Crippen MR) is 168 cm³/mol. The van der Waals surface area contributed by atoms with Crippen LogP contribution < -0.4 is 15.9 Å². The van der Waals surface area contributed by atoms with Gasteiger partial charge in [0.25, 0.3) is 11.8 Å². The summed E-state index contributed by atoms with van der Waals surface area (Å²) in [5, 5.41) is 6.71. The van der Waals surface area contributed by atoms with E-state index in [9.17, 15) is 19.2 Å². The Hall–Kier alpha value is -4.74. The first kappa shape index (κ1) is 33.2. The van der Waals surface area contributed by atoms with Crippen LogP contribution in [-0.2, 0) is 48.3 Å². The third-order valence-corrected chi connectivity index (χ3v) is 6.72. The van der Waals surface area contributed by atoms with Gasteiger partial charge in [-0.1, -0.05) is 105 Å². The molecule has 3 rings (SSSR count). The van der Waals surface area contributed by atoms with E-state index in [0.717, 1.165) is 10.6 Å². The largest absolute Gasteiger partial charge is 0.445 e. The van der Waals surface area contributed by atoms with Gasteiger partial charge in [0, 0.05) is 13.5 Å². The normalized spacial score (nSPS) is 13.1. The zero-order valence-corrected chi connectivity index (χ0v) is 26.1. The zero-order valence-electron chi connectivity index (χ0n) is 27.1. The zero-order chi connectivity index (χ0) is 33.5. The number of likely N-dealkylation sites (N-methyl/N-ethyl adjacent to an activating group) is 1. The van der Waals surface area contributed by atoms with Crippen LogP contribution in [0, 0.1) is 5.92 Å². The smallest absolute Gasteiger partial charge is 0.408 e. The van der Waals surface area contributed by atoms with E-state index < -0.39 is 42.1 Å². The number of hydrogen-bond donors (Lipinski definition) is 3. The average molecular weight is 620 g/mol. The van der Waals surface area contributed by atoms with Crippen molar-refractivity contribution in [3.63, 3.8) is 0 Å². The summed E-state index contributed by atoms with van der Waals surface area (Å²) in [6, 6.07) is 24.5. The van der Waals surface area contributed by atoms with Gasteiger partial charge in [-0.25, -0.2) is 9.86 Å². The van der Waals surface area contributed by atoms with E-state index in [0.29, 0.717) is 22.9 Å². The average Bonchev–Trinajstić information content (AvgIpc) is 3.07. The fourth-order valence-electron chi connectivity index (χ4n) is 4.33. The Bertz CT molecular complexity index is 1400. The fourth-order valence-corrected chi connectivity index (χ4v) is 4.33. The SMILES string of the molecule is [2H]N(C(=O)OCc1ccccc1)[C@@H](Cc1ccccc1)C(=O)NC(OCc1ccccc1)C(=O)N[C@@H](CC(C)C)C(=O)N(C)OC. The van der Waals surface area contributed by atoms with Crippen molar-refractivity contribution in [2.24, 2.45) is 5.92 Å². The van der Waals surface area contributed by atoms with Gasteiger partial charge >= 0.3 is 6.09 Å². The van der Waals surface area contributed by atoms with E-state index in [1.807, 2.05) is 26.0 Å². The minimum atomic E-state index is -1.57. The Morgan fingerprint density at radius 1 is 0.756 bits per heavy atom. The molecule has 0 aliphatic rings. The van der Waals surface area contributed by atoms with Crippen molar-refractivity contribution in [1.29, 1.82) is 0 Å². The summed E-state index contributed by atoms with van der Waals surface area (Å²) >= 11 is 0. The number of amides is 4. The number of nitrogens with zero attached hydrogens (tertiary/aromatic N) is 1. The molecule has 3 aromatic carbocycles. The van der Waals surface area contributed by atoms with Crippen LogP contribution in [0.15, 0.2) is 91.0 Å². The lowest BCUT2D eigenvalue weighted by atomic mass is 10.0. The molecule has 0 bridgehead atoms. The van der Waals surface area contributed by atoms with Gasteiger partial charge < -0.3 is 25.4 Å². The molecule has 0 aliphatic carbocycles. The summed E-state index contributed by atoms with van der Waals surface area (Å²) in [6.45, 7) is 3.66. The van der Waals surface area contributed by atoms with Crippen LogP contribution in [0.2, 0.25) is 1.41 Å². The van der Waals surface area contributed by atoms with E-state index in [1.54, 1.807) is 78.9 Å². The van der Waals surface area contributed by atoms with E-state index in [4.69, 9.17) is 15.7 Å². The summed E-state index contributed by atoms with van der Waals surface area (Å²) in [5.41, 5.74) is 2.12. The lowest BCUT2D eigenvalue weighted by molar-refractivity contribution is -0.172. The van der Waals surface area contributed by atoms with Crippen LogP contribution >= 0.6 is 0 Å². The molecule has 0 fully saturated rings. The van der Waals surface area contributed by atoms with E-state index in [-0.39, 0.29) is 25.6 Å². The van der Waals surface area contributed by atoms with Crippen LogP contribution in [0.1, 0.15) is 37.0 Å². The minimum absolute atomic E-state index is 0.0341. The van der Waals surface area contributed by atoms with Crippen molar-refractivity contribution in [1.82, 2.24) is 21.0 Å². The molecular weight excluding hydrogens is 576 g/mol. The number of rotatable bonds is 16. The van der Waals surface area contributed by atoms with E-state index >= 15 is 0 Å². The number of benzene rings is 3. The highest BCUT2D eigenvalue weighted by atomic mass is 16.7. The maximum Gasteiger partial charge on any atom is 0.408 e. The van der Waals surface area contributed by atoms with Gasteiger partial charge in [-0.2, -0.15) is 0 Å². The van der Waals surface area contributed by atoms with Gasteiger partial charge in [-0.3, -0.25) is 19.2 Å². The number of ether oxygens (including phenoxy) is 2. The summed E-state index contributed by atoms with van der Waals surface area (Å²) in [4.78, 5) is 58.4. The van der Waals surface area contributed by atoms with Crippen molar-refractivity contribution >= 4 is 23.8 Å². The standard InChI is InChI=1S/C34H42N4O7/c1-24(2)20-29(33(41)38(3)43-4)35-31(40)32(44-22-26-16-10-6-11-17-26)37-30(39)28(21-25-14-8-5-9-15-25)36-34(42)45-23-27-18-12-7-13-19-27/h5-19,24,28-29,32H,20-23H2,1-4H3,(H,35,40)(H,36,42)(H,37,39)/t28-,29-,32?/m0/s1/i/hD. The molecule has 0 aromatic heterocycles. The lowest BCUT2D eigenvalue weighted by Gasteiger charge is -2.27. The molecule has 0 radical (unpaired) electrons. The van der Waals surface area contributed by atoms with Gasteiger partial charge in [0.15, 0.2) is 1.41 Å². The molecule has 0 saturated heterocycles. The summed E-state index contributed by atoms with van der Waals surface area (Å²) in [5.74, 6) is -2.07. The molecule has 0 aliphatic heterocycles. The third kappa shape index (κ3) is 12.0. The molecule has 11 nitrogen and oxygen atoms in total. The van der Waals surface area contributed by atoms with Crippen LogP contribution in [0.25, 0.3) is 0 Å². The van der Waals surface area contributed by atoms with Crippen molar-refractivity contribution in [2.75, 3.05) is 14.2 Å². The fraction of sp³-hybridized carbons (Fsp3) is 0.353. The topological polar surface area (TPSA) is 135 Å². The second kappa shape index (κ2) is 18.2. The van der Waals surface area contributed by atoms with Crippen LogP contribution in [0.4, 0.5) is 4.79 Å². The van der Waals surface area contributed by atoms with Crippen molar-refractivity contribution < 1.29 is 34.9 Å². The molecule has 0 heterocycles. The number of hydroxylamine groups is 2. The lowest BCUT2D eigenvalue weighted by Crippen LogP contribution is -2.58. The highest BCUT2D eigenvalue weighted by Crippen LogP contribution is 2.11. The highest BCUT2D eigenvalue weighted by molar-refractivity contribution is 5.93. The molecule has 3 aromatic rings. The minimum Gasteiger partial charge on any atom is -0.445 e. The molecule has 240 valence electrons. The van der Waals surface area contributed by atoms with Gasteiger partial charge in [-0.15, -0.1) is 0 Å². The molecule has 11 heteroatoms. The van der Waals surface area contributed by atoms with Crippen LogP contribution in [-0.4, -0.2) is 61.3 Å². The molecule has 3 atom stereocenters. The maximum absolute atomic E-state index is 13.8. The third-order valence-electron chi connectivity index (χ3n) is 6.72. The molecular formula is C34H42N4O7. The van der Waals surface area contributed by atoms with Gasteiger partial charge in [0.1, 0.15) is 18.7 Å². The Balaban J connectivity index is 1.85. The summed E-state index contributed by atoms with van der Waals surface area (Å²) in [6.07, 6.45) is -2.37. The quantitative estimate of drug-likeness (QED) is 0.164. The van der Waals surface area contributed by atoms with Crippen LogP contribution in [0.3, 0.4) is 0 Å². The Kier molecular flexibility index (Phi) is 13.4. The second-order valence-electron chi connectivity index (χ2n) is 10.8. The monoisotopic (exact) mass is 619 g/mol. The van der Waals surface area contributed by atoms with Crippen LogP contribution in [0.5, 0.6) is 0 Å². The molecule has 0 spiro atoms. The number of hydrogen-bond acceptors (Lipinski definition) is 7. The summed E-state index contributed by atoms with van der Waals surface area (Å²) < 4.78 is 19.8. The second-order valence-corrected chi connectivity index (χ2v) is 10.8. The maximum atomic E-state index is 13.8. The first-order chi connectivity index (χ1) is 22.1. The highest BCUT2D eigenvalue weighted by Gasteiger charge is 2.32. The summed E-state index contributed by atoms with van der Waals surface area (Å²) in [7, 11) is 2.77. The van der Waals surface area contributed by atoms with Gasteiger partial charge in [0.2, 0.25) is 12.1 Å². The van der Waals surface area contributed by atoms with Crippen molar-refractivity contribution in [2.45, 2.75) is 58.2 Å².